The third-order valence-electron chi connectivity index (χ3n) is 3.53. The third-order valence-corrected chi connectivity index (χ3v) is 5.41. The summed E-state index contributed by atoms with van der Waals surface area (Å²) in [4.78, 5) is 11.6. The van der Waals surface area contributed by atoms with E-state index >= 15 is 0 Å². The number of rotatable bonds is 5. The second-order valence-corrected chi connectivity index (χ2v) is 7.22. The van der Waals surface area contributed by atoms with Crippen LogP contribution < -0.4 is 5.32 Å². The van der Waals surface area contributed by atoms with Crippen LogP contribution in [0.5, 0.6) is 0 Å². The summed E-state index contributed by atoms with van der Waals surface area (Å²) >= 11 is 0. The van der Waals surface area contributed by atoms with Crippen LogP contribution in [0.2, 0.25) is 0 Å². The van der Waals surface area contributed by atoms with Gasteiger partial charge in [0.25, 0.3) is 12.3 Å². The number of hydrogen-bond acceptors (Lipinski definition) is 4. The van der Waals surface area contributed by atoms with Gasteiger partial charge in [0.15, 0.2) is 0 Å². The van der Waals surface area contributed by atoms with Crippen LogP contribution in [0.25, 0.3) is 0 Å². The standard InChI is InChI=1S/C14H18F2N2O4S/c15-13(16)8-17-14(20)10-3-5-12(6-4-10)23(21,22)18-7-1-2-11(19)9-18/h3-6,11,13,19H,1-2,7-9H2,(H,17,20). The van der Waals surface area contributed by atoms with E-state index in [4.69, 9.17) is 0 Å². The Hall–Kier alpha value is -1.58. The molecule has 9 heteroatoms. The van der Waals surface area contributed by atoms with Crippen molar-refractivity contribution in [1.29, 1.82) is 0 Å². The lowest BCUT2D eigenvalue weighted by atomic mass is 10.1. The molecule has 1 aliphatic rings. The second-order valence-electron chi connectivity index (χ2n) is 5.28. The number of sulfonamides is 1. The SMILES string of the molecule is O=C(NCC(F)F)c1ccc(S(=O)(=O)N2CCCC(O)C2)cc1. The molecule has 1 fully saturated rings. The summed E-state index contributed by atoms with van der Waals surface area (Å²) < 4.78 is 50.2. The van der Waals surface area contributed by atoms with E-state index in [-0.39, 0.29) is 17.0 Å². The second kappa shape index (κ2) is 7.33. The lowest BCUT2D eigenvalue weighted by molar-refractivity contribution is 0.0891. The van der Waals surface area contributed by atoms with Gasteiger partial charge in [-0.15, -0.1) is 0 Å². The van der Waals surface area contributed by atoms with Crippen LogP contribution in [0.4, 0.5) is 8.78 Å². The largest absolute Gasteiger partial charge is 0.392 e. The molecule has 1 heterocycles. The van der Waals surface area contributed by atoms with E-state index in [1.165, 1.54) is 28.6 Å². The number of carbonyl (C=O) groups excluding carboxylic acids is 1. The Balaban J connectivity index is 2.10. The number of halogens is 2. The number of alkyl halides is 2. The van der Waals surface area contributed by atoms with E-state index in [1.54, 1.807) is 0 Å². The Kier molecular flexibility index (Phi) is 5.66. The van der Waals surface area contributed by atoms with E-state index in [0.29, 0.717) is 19.4 Å². The van der Waals surface area contributed by atoms with Gasteiger partial charge in [0.1, 0.15) is 0 Å². The molecule has 2 N–H and O–H groups in total. The van der Waals surface area contributed by atoms with E-state index in [2.05, 4.69) is 0 Å². The number of nitrogens with zero attached hydrogens (tertiary/aromatic N) is 1. The van der Waals surface area contributed by atoms with Crippen LogP contribution in [0, 0.1) is 0 Å². The number of carbonyl (C=O) groups is 1. The van der Waals surface area contributed by atoms with Crippen molar-refractivity contribution in [3.63, 3.8) is 0 Å². The zero-order valence-electron chi connectivity index (χ0n) is 12.3. The molecule has 0 spiro atoms. The summed E-state index contributed by atoms with van der Waals surface area (Å²) in [5, 5.41) is 11.6. The quantitative estimate of drug-likeness (QED) is 0.825. The lowest BCUT2D eigenvalue weighted by Gasteiger charge is -2.29. The fraction of sp³-hybridized carbons (Fsp3) is 0.500. The van der Waals surface area contributed by atoms with Crippen molar-refractivity contribution in [2.24, 2.45) is 0 Å². The molecule has 2 rings (SSSR count). The van der Waals surface area contributed by atoms with E-state index < -0.39 is 35.0 Å². The van der Waals surface area contributed by atoms with Gasteiger partial charge in [0, 0.05) is 18.7 Å². The predicted octanol–water partition coefficient (Wildman–Crippen LogP) is 0.827. The number of hydrogen-bond donors (Lipinski definition) is 2. The molecule has 0 aliphatic carbocycles. The molecule has 1 aliphatic heterocycles. The Bertz CT molecular complexity index is 649. The fourth-order valence-electron chi connectivity index (χ4n) is 2.34. The molecule has 23 heavy (non-hydrogen) atoms. The van der Waals surface area contributed by atoms with Crippen molar-refractivity contribution in [1.82, 2.24) is 9.62 Å². The Morgan fingerprint density at radius 2 is 2.00 bits per heavy atom. The van der Waals surface area contributed by atoms with Crippen LogP contribution in [0.15, 0.2) is 29.2 Å². The third kappa shape index (κ3) is 4.46. The minimum atomic E-state index is -3.74. The van der Waals surface area contributed by atoms with Gasteiger partial charge in [-0.05, 0) is 37.1 Å². The minimum Gasteiger partial charge on any atom is -0.392 e. The van der Waals surface area contributed by atoms with Crippen LogP contribution in [0.1, 0.15) is 23.2 Å². The highest BCUT2D eigenvalue weighted by Crippen LogP contribution is 2.21. The Morgan fingerprint density at radius 1 is 1.35 bits per heavy atom. The monoisotopic (exact) mass is 348 g/mol. The molecule has 0 radical (unpaired) electrons. The Labute approximate surface area is 133 Å². The number of aliphatic hydroxyl groups excluding tert-OH is 1. The molecule has 1 unspecified atom stereocenters. The fourth-order valence-corrected chi connectivity index (χ4v) is 3.85. The number of aliphatic hydroxyl groups is 1. The molecule has 1 amide bonds. The zero-order chi connectivity index (χ0) is 17.0. The molecule has 0 saturated carbocycles. The lowest BCUT2D eigenvalue weighted by Crippen LogP contribution is -2.42. The first-order chi connectivity index (χ1) is 10.8. The summed E-state index contributed by atoms with van der Waals surface area (Å²) in [6.45, 7) is -0.389. The van der Waals surface area contributed by atoms with Crippen molar-refractivity contribution in [2.45, 2.75) is 30.3 Å². The van der Waals surface area contributed by atoms with Crippen molar-refractivity contribution >= 4 is 15.9 Å². The highest BCUT2D eigenvalue weighted by molar-refractivity contribution is 7.89. The number of piperidine rings is 1. The molecule has 0 bridgehead atoms. The van der Waals surface area contributed by atoms with Crippen molar-refractivity contribution in [3.8, 4) is 0 Å². The maximum absolute atomic E-state index is 12.4. The molecule has 1 aromatic carbocycles. The van der Waals surface area contributed by atoms with E-state index in [0.717, 1.165) is 0 Å². The average molecular weight is 348 g/mol. The number of β-amino-alcohol motifs (C(OH)–C–C–N with tert-alkyl or cyclic N) is 1. The molecule has 6 nitrogen and oxygen atoms in total. The number of amides is 1. The van der Waals surface area contributed by atoms with Crippen molar-refractivity contribution < 1.29 is 27.1 Å². The minimum absolute atomic E-state index is 0.00277. The topological polar surface area (TPSA) is 86.7 Å². The van der Waals surface area contributed by atoms with Gasteiger partial charge >= 0.3 is 0 Å². The number of nitrogens with one attached hydrogen (secondary N) is 1. The molecular weight excluding hydrogens is 330 g/mol. The zero-order valence-corrected chi connectivity index (χ0v) is 13.1. The smallest absolute Gasteiger partial charge is 0.255 e. The Morgan fingerprint density at radius 3 is 2.57 bits per heavy atom. The first-order valence-electron chi connectivity index (χ1n) is 7.15. The van der Waals surface area contributed by atoms with Crippen LogP contribution in [-0.4, -0.2) is 55.9 Å². The molecule has 1 aromatic rings. The van der Waals surface area contributed by atoms with Gasteiger partial charge in [0.05, 0.1) is 17.5 Å². The predicted molar refractivity (Wildman–Crippen MR) is 78.8 cm³/mol. The molecule has 128 valence electrons. The average Bonchev–Trinajstić information content (AvgIpc) is 2.52. The molecular formula is C14H18F2N2O4S. The maximum Gasteiger partial charge on any atom is 0.255 e. The van der Waals surface area contributed by atoms with Crippen LogP contribution in [-0.2, 0) is 10.0 Å². The van der Waals surface area contributed by atoms with Gasteiger partial charge in [0.2, 0.25) is 10.0 Å². The summed E-state index contributed by atoms with van der Waals surface area (Å²) in [6, 6.07) is 5.06. The normalized spacial score (nSPS) is 19.7. The summed E-state index contributed by atoms with van der Waals surface area (Å²) in [5.74, 6) is -0.692. The van der Waals surface area contributed by atoms with Gasteiger partial charge in [-0.1, -0.05) is 0 Å². The van der Waals surface area contributed by atoms with E-state index in [1.807, 2.05) is 5.32 Å². The van der Waals surface area contributed by atoms with Crippen molar-refractivity contribution in [3.05, 3.63) is 29.8 Å². The summed E-state index contributed by atoms with van der Waals surface area (Å²) in [5.41, 5.74) is 0.100. The highest BCUT2D eigenvalue weighted by atomic mass is 32.2. The van der Waals surface area contributed by atoms with Crippen LogP contribution >= 0.6 is 0 Å². The summed E-state index contributed by atoms with van der Waals surface area (Å²) in [6.07, 6.45) is -2.19. The maximum atomic E-state index is 12.4. The van der Waals surface area contributed by atoms with Crippen LogP contribution in [0.3, 0.4) is 0 Å². The molecule has 1 atom stereocenters. The van der Waals surface area contributed by atoms with Gasteiger partial charge in [-0.2, -0.15) is 4.31 Å². The van der Waals surface area contributed by atoms with Crippen molar-refractivity contribution in [2.75, 3.05) is 19.6 Å². The summed E-state index contributed by atoms with van der Waals surface area (Å²) in [7, 11) is -3.74. The van der Waals surface area contributed by atoms with Gasteiger partial charge in [-0.3, -0.25) is 4.79 Å². The molecule has 1 saturated heterocycles. The highest BCUT2D eigenvalue weighted by Gasteiger charge is 2.29. The molecule has 0 aromatic heterocycles. The first kappa shape index (κ1) is 17.8. The first-order valence-corrected chi connectivity index (χ1v) is 8.59. The van der Waals surface area contributed by atoms with E-state index in [9.17, 15) is 27.1 Å². The van der Waals surface area contributed by atoms with Gasteiger partial charge in [-0.25, -0.2) is 17.2 Å². The van der Waals surface area contributed by atoms with Gasteiger partial charge < -0.3 is 10.4 Å². The number of benzene rings is 1.